The Morgan fingerprint density at radius 2 is 2.41 bits per heavy atom. The summed E-state index contributed by atoms with van der Waals surface area (Å²) in [6.45, 7) is 5.42. The summed E-state index contributed by atoms with van der Waals surface area (Å²) in [5.41, 5.74) is 1.16. The molecular weight excluding hydrogens is 212 g/mol. The van der Waals surface area contributed by atoms with E-state index in [9.17, 15) is 0 Å². The van der Waals surface area contributed by atoms with E-state index in [1.54, 1.807) is 0 Å². The maximum absolute atomic E-state index is 5.97. The van der Waals surface area contributed by atoms with Crippen LogP contribution in [0, 0.1) is 5.92 Å². The average Bonchev–Trinajstić information content (AvgIpc) is 2.70. The first-order chi connectivity index (χ1) is 8.31. The lowest BCUT2D eigenvalue weighted by Crippen LogP contribution is -2.41. The Hall–Kier alpha value is -0.930. The fourth-order valence-electron chi connectivity index (χ4n) is 3.10. The van der Waals surface area contributed by atoms with Gasteiger partial charge in [0.2, 0.25) is 0 Å². The van der Waals surface area contributed by atoms with Gasteiger partial charge in [-0.3, -0.25) is 9.88 Å². The van der Waals surface area contributed by atoms with E-state index in [2.05, 4.69) is 28.9 Å². The molecule has 3 heteroatoms. The molecular formula is C14H20N2O. The molecule has 17 heavy (non-hydrogen) atoms. The van der Waals surface area contributed by atoms with Crippen molar-refractivity contribution in [3.63, 3.8) is 0 Å². The van der Waals surface area contributed by atoms with E-state index >= 15 is 0 Å². The highest BCUT2D eigenvalue weighted by molar-refractivity contribution is 5.03. The Morgan fingerprint density at radius 1 is 1.47 bits per heavy atom. The number of ether oxygens (including phenoxy) is 1. The summed E-state index contributed by atoms with van der Waals surface area (Å²) in [7, 11) is 0. The minimum atomic E-state index is 0.458. The third-order valence-electron chi connectivity index (χ3n) is 3.93. The Labute approximate surface area is 103 Å². The van der Waals surface area contributed by atoms with E-state index in [0.29, 0.717) is 12.2 Å². The van der Waals surface area contributed by atoms with Crippen molar-refractivity contribution in [2.24, 2.45) is 5.92 Å². The molecule has 0 N–H and O–H groups in total. The van der Waals surface area contributed by atoms with Gasteiger partial charge in [-0.1, -0.05) is 6.07 Å². The van der Waals surface area contributed by atoms with Crippen molar-refractivity contribution in [1.82, 2.24) is 9.88 Å². The van der Waals surface area contributed by atoms with Crippen LogP contribution >= 0.6 is 0 Å². The monoisotopic (exact) mass is 232 g/mol. The van der Waals surface area contributed by atoms with Crippen LogP contribution in [0.2, 0.25) is 0 Å². The van der Waals surface area contributed by atoms with Crippen LogP contribution in [0.5, 0.6) is 0 Å². The third kappa shape index (κ3) is 2.50. The van der Waals surface area contributed by atoms with E-state index in [1.807, 2.05) is 12.3 Å². The maximum Gasteiger partial charge on any atom is 0.0735 e. The minimum Gasteiger partial charge on any atom is -0.374 e. The number of nitrogens with zero attached hydrogens (tertiary/aromatic N) is 2. The van der Waals surface area contributed by atoms with Crippen LogP contribution in [-0.2, 0) is 11.3 Å². The molecule has 3 atom stereocenters. The van der Waals surface area contributed by atoms with Crippen molar-refractivity contribution in [3.05, 3.63) is 30.1 Å². The number of hydrogen-bond acceptors (Lipinski definition) is 3. The van der Waals surface area contributed by atoms with Gasteiger partial charge in [0.15, 0.2) is 0 Å². The molecule has 0 saturated carbocycles. The second kappa shape index (κ2) is 4.75. The first-order valence-corrected chi connectivity index (χ1v) is 6.59. The SMILES string of the molecule is C[C@@H]1C[C@@H]2CCN(Cc3ccccn3)C[C@H]2O1. The van der Waals surface area contributed by atoms with Gasteiger partial charge in [0.25, 0.3) is 0 Å². The first-order valence-electron chi connectivity index (χ1n) is 6.59. The van der Waals surface area contributed by atoms with Crippen molar-refractivity contribution in [1.29, 1.82) is 0 Å². The molecule has 2 saturated heterocycles. The molecule has 1 aromatic heterocycles. The molecule has 92 valence electrons. The molecule has 0 aliphatic carbocycles. The molecule has 3 rings (SSSR count). The van der Waals surface area contributed by atoms with Crippen LogP contribution in [0.3, 0.4) is 0 Å². The van der Waals surface area contributed by atoms with Crippen molar-refractivity contribution < 1.29 is 4.74 Å². The summed E-state index contributed by atoms with van der Waals surface area (Å²) in [6.07, 6.45) is 5.32. The van der Waals surface area contributed by atoms with E-state index in [1.165, 1.54) is 19.4 Å². The number of hydrogen-bond donors (Lipinski definition) is 0. The highest BCUT2D eigenvalue weighted by Gasteiger charge is 2.37. The van der Waals surface area contributed by atoms with Gasteiger partial charge < -0.3 is 4.74 Å². The summed E-state index contributed by atoms with van der Waals surface area (Å²) in [4.78, 5) is 6.86. The largest absolute Gasteiger partial charge is 0.374 e. The van der Waals surface area contributed by atoms with Crippen LogP contribution in [0.4, 0.5) is 0 Å². The lowest BCUT2D eigenvalue weighted by Gasteiger charge is -2.33. The second-order valence-electron chi connectivity index (χ2n) is 5.33. The fourth-order valence-corrected chi connectivity index (χ4v) is 3.10. The van der Waals surface area contributed by atoms with Crippen molar-refractivity contribution in [2.75, 3.05) is 13.1 Å². The molecule has 3 heterocycles. The zero-order chi connectivity index (χ0) is 11.7. The molecule has 0 bridgehead atoms. The van der Waals surface area contributed by atoms with Crippen LogP contribution in [-0.4, -0.2) is 35.2 Å². The van der Waals surface area contributed by atoms with E-state index in [0.717, 1.165) is 24.7 Å². The number of fused-ring (bicyclic) bond motifs is 1. The van der Waals surface area contributed by atoms with Gasteiger partial charge in [-0.05, 0) is 44.4 Å². The Bertz CT molecular complexity index is 368. The number of likely N-dealkylation sites (tertiary alicyclic amines) is 1. The van der Waals surface area contributed by atoms with Gasteiger partial charge in [-0.15, -0.1) is 0 Å². The lowest BCUT2D eigenvalue weighted by atomic mass is 9.92. The molecule has 2 aliphatic rings. The highest BCUT2D eigenvalue weighted by atomic mass is 16.5. The maximum atomic E-state index is 5.97. The van der Waals surface area contributed by atoms with Crippen LogP contribution in [0.15, 0.2) is 24.4 Å². The Balaban J connectivity index is 1.60. The summed E-state index contributed by atoms with van der Waals surface area (Å²) in [5, 5.41) is 0. The molecule has 0 spiro atoms. The highest BCUT2D eigenvalue weighted by Crippen LogP contribution is 2.33. The summed E-state index contributed by atoms with van der Waals surface area (Å²) >= 11 is 0. The zero-order valence-corrected chi connectivity index (χ0v) is 10.4. The molecule has 0 unspecified atom stereocenters. The summed E-state index contributed by atoms with van der Waals surface area (Å²) < 4.78 is 5.97. The van der Waals surface area contributed by atoms with Gasteiger partial charge in [0.05, 0.1) is 17.9 Å². The summed E-state index contributed by atoms with van der Waals surface area (Å²) in [6, 6.07) is 6.13. The van der Waals surface area contributed by atoms with Crippen molar-refractivity contribution >= 4 is 0 Å². The van der Waals surface area contributed by atoms with Gasteiger partial charge in [-0.25, -0.2) is 0 Å². The van der Waals surface area contributed by atoms with Gasteiger partial charge in [-0.2, -0.15) is 0 Å². The smallest absolute Gasteiger partial charge is 0.0735 e. The zero-order valence-electron chi connectivity index (χ0n) is 10.4. The van der Waals surface area contributed by atoms with Gasteiger partial charge in [0, 0.05) is 19.3 Å². The predicted molar refractivity (Wildman–Crippen MR) is 66.6 cm³/mol. The van der Waals surface area contributed by atoms with Gasteiger partial charge >= 0.3 is 0 Å². The lowest BCUT2D eigenvalue weighted by molar-refractivity contribution is -0.00305. The summed E-state index contributed by atoms with van der Waals surface area (Å²) in [5.74, 6) is 0.796. The van der Waals surface area contributed by atoms with Crippen molar-refractivity contribution in [3.8, 4) is 0 Å². The molecule has 3 nitrogen and oxygen atoms in total. The quantitative estimate of drug-likeness (QED) is 0.780. The van der Waals surface area contributed by atoms with Crippen molar-refractivity contribution in [2.45, 2.75) is 38.5 Å². The van der Waals surface area contributed by atoms with E-state index < -0.39 is 0 Å². The molecule has 0 amide bonds. The minimum absolute atomic E-state index is 0.458. The Morgan fingerprint density at radius 3 is 3.24 bits per heavy atom. The topological polar surface area (TPSA) is 25.4 Å². The number of pyridine rings is 1. The molecule has 0 aromatic carbocycles. The van der Waals surface area contributed by atoms with Crippen LogP contribution in [0.25, 0.3) is 0 Å². The fraction of sp³-hybridized carbons (Fsp3) is 0.643. The Kier molecular flexibility index (Phi) is 3.12. The third-order valence-corrected chi connectivity index (χ3v) is 3.93. The van der Waals surface area contributed by atoms with Gasteiger partial charge in [0.1, 0.15) is 0 Å². The molecule has 0 radical (unpaired) electrons. The molecule has 2 aliphatic heterocycles. The second-order valence-corrected chi connectivity index (χ2v) is 5.33. The van der Waals surface area contributed by atoms with Crippen LogP contribution in [0.1, 0.15) is 25.5 Å². The number of piperidine rings is 1. The standard InChI is InChI=1S/C14H20N2O/c1-11-8-12-5-7-16(10-14(12)17-11)9-13-4-2-3-6-15-13/h2-4,6,11-12,14H,5,7-10H2,1H3/t11-,12+,14-/m1/s1. The van der Waals surface area contributed by atoms with E-state index in [-0.39, 0.29) is 0 Å². The molecule has 1 aromatic rings. The van der Waals surface area contributed by atoms with Crippen LogP contribution < -0.4 is 0 Å². The number of aromatic nitrogens is 1. The normalized spacial score (nSPS) is 33.6. The first kappa shape index (κ1) is 11.2. The predicted octanol–water partition coefficient (Wildman–Crippen LogP) is 2.08. The average molecular weight is 232 g/mol. The molecule has 2 fully saturated rings. The van der Waals surface area contributed by atoms with E-state index in [4.69, 9.17) is 4.74 Å². The number of rotatable bonds is 2.